The lowest BCUT2D eigenvalue weighted by molar-refractivity contribution is 0.0189. The Kier molecular flexibility index (Phi) is 6.84. The molecule has 1 unspecified atom stereocenters. The van der Waals surface area contributed by atoms with E-state index in [2.05, 4.69) is 0 Å². The summed E-state index contributed by atoms with van der Waals surface area (Å²) in [5.41, 5.74) is 3.76. The normalized spacial score (nSPS) is 16.8. The minimum Gasteiger partial charge on any atom is -0.488 e. The maximum absolute atomic E-state index is 14.0. The van der Waals surface area contributed by atoms with Gasteiger partial charge in [-0.2, -0.15) is 0 Å². The first-order valence-electron chi connectivity index (χ1n) is 13.1. The highest BCUT2D eigenvalue weighted by atomic mass is 19.1. The largest absolute Gasteiger partial charge is 0.488 e. The Bertz CT molecular complexity index is 1650. The molecular weight excluding hydrogens is 509 g/mol. The van der Waals surface area contributed by atoms with Crippen molar-refractivity contribution in [3.8, 4) is 22.6 Å². The van der Waals surface area contributed by atoms with Crippen molar-refractivity contribution in [3.63, 3.8) is 0 Å². The van der Waals surface area contributed by atoms with Crippen LogP contribution in [0.4, 0.5) is 4.39 Å². The number of halogens is 1. The van der Waals surface area contributed by atoms with Crippen molar-refractivity contribution in [2.24, 2.45) is 0 Å². The lowest BCUT2D eigenvalue weighted by atomic mass is 9.90. The zero-order valence-electron chi connectivity index (χ0n) is 22.0. The van der Waals surface area contributed by atoms with Gasteiger partial charge in [0.05, 0.1) is 35.9 Å². The number of methoxy groups -OCH3 is 1. The molecule has 40 heavy (non-hydrogen) atoms. The first-order valence-corrected chi connectivity index (χ1v) is 13.1. The summed E-state index contributed by atoms with van der Waals surface area (Å²) in [6.45, 7) is 0.864. The van der Waals surface area contributed by atoms with Crippen LogP contribution >= 0.6 is 0 Å². The molecule has 7 heteroatoms. The van der Waals surface area contributed by atoms with E-state index >= 15 is 0 Å². The molecule has 1 fully saturated rings. The van der Waals surface area contributed by atoms with Gasteiger partial charge in [-0.3, -0.25) is 0 Å². The molecule has 1 saturated heterocycles. The Morgan fingerprint density at radius 3 is 2.40 bits per heavy atom. The fourth-order valence-electron chi connectivity index (χ4n) is 5.38. The van der Waals surface area contributed by atoms with E-state index in [0.29, 0.717) is 42.3 Å². The molecule has 0 spiro atoms. The third-order valence-corrected chi connectivity index (χ3v) is 7.31. The Morgan fingerprint density at radius 1 is 0.975 bits per heavy atom. The van der Waals surface area contributed by atoms with Crippen LogP contribution in [0.2, 0.25) is 0 Å². The van der Waals surface area contributed by atoms with Gasteiger partial charge in [-0.25, -0.2) is 9.18 Å². The van der Waals surface area contributed by atoms with E-state index in [4.69, 9.17) is 14.2 Å². The number of ether oxygens (including phenoxy) is 3. The zero-order chi connectivity index (χ0) is 27.7. The summed E-state index contributed by atoms with van der Waals surface area (Å²) in [5, 5.41) is 12.8. The summed E-state index contributed by atoms with van der Waals surface area (Å²) >= 11 is 0. The summed E-state index contributed by atoms with van der Waals surface area (Å²) in [6, 6.07) is 28.9. The van der Waals surface area contributed by atoms with Crippen molar-refractivity contribution < 1.29 is 28.5 Å². The number of carbonyl (C=O) groups is 1. The summed E-state index contributed by atoms with van der Waals surface area (Å²) in [4.78, 5) is 12.2. The standard InChI is InChI=1S/C33H28FNO5/c1-38-32(36)24-12-10-23(11-13-24)29-30-27(8-5-9-28(30)40-20-22-6-3-2-4-7-22)35(26-16-14-25(34)15-17-26)31(29)33(37)18-19-39-21-33/h2-17,37H,18-21H2,1H3. The third-order valence-electron chi connectivity index (χ3n) is 7.31. The monoisotopic (exact) mass is 537 g/mol. The molecule has 6 rings (SSSR count). The van der Waals surface area contributed by atoms with Crippen LogP contribution in [0, 0.1) is 5.82 Å². The summed E-state index contributed by atoms with van der Waals surface area (Å²) < 4.78 is 32.9. The molecule has 0 radical (unpaired) electrons. The molecule has 6 nitrogen and oxygen atoms in total. The van der Waals surface area contributed by atoms with E-state index < -0.39 is 11.6 Å². The van der Waals surface area contributed by atoms with Crippen molar-refractivity contribution in [3.05, 3.63) is 120 Å². The molecule has 0 bridgehead atoms. The Balaban J connectivity index is 1.64. The molecule has 5 aromatic rings. The average molecular weight is 538 g/mol. The van der Waals surface area contributed by atoms with Gasteiger partial charge in [0, 0.05) is 24.3 Å². The molecule has 202 valence electrons. The quantitative estimate of drug-likeness (QED) is 0.243. The first kappa shape index (κ1) is 25.8. The van der Waals surface area contributed by atoms with E-state index in [-0.39, 0.29) is 12.4 Å². The third kappa shape index (κ3) is 4.63. The van der Waals surface area contributed by atoms with Crippen molar-refractivity contribution in [2.45, 2.75) is 18.6 Å². The van der Waals surface area contributed by atoms with Crippen LogP contribution in [0.25, 0.3) is 27.7 Å². The Hall–Kier alpha value is -4.46. The van der Waals surface area contributed by atoms with Gasteiger partial charge in [0.15, 0.2) is 0 Å². The number of fused-ring (bicyclic) bond motifs is 1. The molecule has 1 aromatic heterocycles. The van der Waals surface area contributed by atoms with Crippen LogP contribution < -0.4 is 4.74 Å². The van der Waals surface area contributed by atoms with E-state index in [1.807, 2.05) is 65.2 Å². The molecule has 1 aliphatic rings. The van der Waals surface area contributed by atoms with Gasteiger partial charge in [-0.15, -0.1) is 0 Å². The van der Waals surface area contributed by atoms with E-state index in [1.54, 1.807) is 24.3 Å². The zero-order valence-corrected chi connectivity index (χ0v) is 22.0. The number of carbonyl (C=O) groups excluding carboxylic acids is 1. The lowest BCUT2D eigenvalue weighted by Gasteiger charge is -2.25. The van der Waals surface area contributed by atoms with E-state index in [9.17, 15) is 14.3 Å². The summed E-state index contributed by atoms with van der Waals surface area (Å²) in [6.07, 6.45) is 0.387. The summed E-state index contributed by atoms with van der Waals surface area (Å²) in [5.74, 6) is -0.150. The van der Waals surface area contributed by atoms with Gasteiger partial charge in [0.25, 0.3) is 0 Å². The number of hydrogen-bond acceptors (Lipinski definition) is 5. The van der Waals surface area contributed by atoms with Crippen LogP contribution in [0.5, 0.6) is 5.75 Å². The van der Waals surface area contributed by atoms with Gasteiger partial charge in [-0.1, -0.05) is 48.5 Å². The second-order valence-corrected chi connectivity index (χ2v) is 9.86. The summed E-state index contributed by atoms with van der Waals surface area (Å²) in [7, 11) is 1.34. The first-order chi connectivity index (χ1) is 19.5. The lowest BCUT2D eigenvalue weighted by Crippen LogP contribution is -2.29. The van der Waals surface area contributed by atoms with Gasteiger partial charge >= 0.3 is 5.97 Å². The van der Waals surface area contributed by atoms with Crippen molar-refractivity contribution in [2.75, 3.05) is 20.3 Å². The van der Waals surface area contributed by atoms with Crippen LogP contribution in [0.3, 0.4) is 0 Å². The molecule has 0 saturated carbocycles. The number of aromatic nitrogens is 1. The van der Waals surface area contributed by atoms with Gasteiger partial charge < -0.3 is 23.9 Å². The fraction of sp³-hybridized carbons (Fsp3) is 0.182. The minimum atomic E-state index is -1.32. The number of aliphatic hydroxyl groups is 1. The van der Waals surface area contributed by atoms with Gasteiger partial charge in [0.2, 0.25) is 0 Å². The number of nitrogens with zero attached hydrogens (tertiary/aromatic N) is 1. The molecular formula is C33H28FNO5. The Labute approximate surface area is 231 Å². The number of hydrogen-bond donors (Lipinski definition) is 1. The second kappa shape index (κ2) is 10.6. The maximum atomic E-state index is 14.0. The van der Waals surface area contributed by atoms with Crippen molar-refractivity contribution in [1.82, 2.24) is 4.57 Å². The number of rotatable bonds is 7. The molecule has 1 aliphatic heterocycles. The number of benzene rings is 4. The topological polar surface area (TPSA) is 69.9 Å². The molecule has 1 N–H and O–H groups in total. The maximum Gasteiger partial charge on any atom is 0.337 e. The second-order valence-electron chi connectivity index (χ2n) is 9.86. The van der Waals surface area contributed by atoms with E-state index in [1.165, 1.54) is 19.2 Å². The molecule has 4 aromatic carbocycles. The average Bonchev–Trinajstić information content (AvgIpc) is 3.59. The minimum absolute atomic E-state index is 0.109. The fourth-order valence-corrected chi connectivity index (χ4v) is 5.38. The van der Waals surface area contributed by atoms with Gasteiger partial charge in [-0.05, 0) is 59.7 Å². The van der Waals surface area contributed by atoms with Crippen LogP contribution in [0.1, 0.15) is 28.0 Å². The number of esters is 1. The van der Waals surface area contributed by atoms with Crippen molar-refractivity contribution in [1.29, 1.82) is 0 Å². The highest BCUT2D eigenvalue weighted by Crippen LogP contribution is 2.47. The molecule has 2 heterocycles. The predicted octanol–water partition coefficient (Wildman–Crippen LogP) is 6.41. The molecule has 1 atom stereocenters. The molecule has 0 amide bonds. The highest BCUT2D eigenvalue weighted by Gasteiger charge is 2.41. The van der Waals surface area contributed by atoms with E-state index in [0.717, 1.165) is 27.6 Å². The molecule has 0 aliphatic carbocycles. The van der Waals surface area contributed by atoms with Crippen molar-refractivity contribution >= 4 is 16.9 Å². The smallest absolute Gasteiger partial charge is 0.337 e. The van der Waals surface area contributed by atoms with Crippen LogP contribution in [0.15, 0.2) is 97.1 Å². The Morgan fingerprint density at radius 2 is 1.73 bits per heavy atom. The van der Waals surface area contributed by atoms with Gasteiger partial charge in [0.1, 0.15) is 23.8 Å². The van der Waals surface area contributed by atoms with Crippen LogP contribution in [-0.4, -0.2) is 36.0 Å². The predicted molar refractivity (Wildman–Crippen MR) is 150 cm³/mol. The van der Waals surface area contributed by atoms with Crippen LogP contribution in [-0.2, 0) is 21.7 Å². The highest BCUT2D eigenvalue weighted by molar-refractivity contribution is 6.04. The SMILES string of the molecule is COC(=O)c1ccc(-c2c(C3(O)CCOC3)n(-c3ccc(F)cc3)c3cccc(OCc4ccccc4)c23)cc1.